The van der Waals surface area contributed by atoms with Crippen molar-refractivity contribution in [3.63, 3.8) is 0 Å². The first-order valence-electron chi connectivity index (χ1n) is 8.10. The van der Waals surface area contributed by atoms with E-state index in [9.17, 15) is 8.42 Å². The fraction of sp³-hybridized carbons (Fsp3) is 1.00. The average molecular weight is 309 g/mol. The summed E-state index contributed by atoms with van der Waals surface area (Å²) in [5.41, 5.74) is 0. The zero-order chi connectivity index (χ0) is 15.5. The van der Waals surface area contributed by atoms with Crippen LogP contribution in [0.5, 0.6) is 0 Å². The summed E-state index contributed by atoms with van der Waals surface area (Å²) in [7, 11) is 0.253. The Bertz CT molecular complexity index is 326. The lowest BCUT2D eigenvalue weighted by molar-refractivity contribution is -1.05. The second-order valence-corrected chi connectivity index (χ2v) is 7.78. The van der Waals surface area contributed by atoms with Crippen LogP contribution in [0.3, 0.4) is 0 Å². The highest BCUT2D eigenvalue weighted by atomic mass is 32.2. The lowest BCUT2D eigenvalue weighted by Gasteiger charge is -2.25. The summed E-state index contributed by atoms with van der Waals surface area (Å²) in [6.07, 6.45) is 10.6. The SMILES string of the molecule is CCCCCCCCCC[N+](C)(C)OS(=O)(=O)CCC. The highest BCUT2D eigenvalue weighted by Gasteiger charge is 2.25. The Morgan fingerprint density at radius 1 is 0.800 bits per heavy atom. The summed E-state index contributed by atoms with van der Waals surface area (Å²) >= 11 is 0. The van der Waals surface area contributed by atoms with Crippen molar-refractivity contribution in [2.75, 3.05) is 26.4 Å². The molecule has 0 saturated carbocycles. The molecule has 0 saturated heterocycles. The summed E-state index contributed by atoms with van der Waals surface area (Å²) in [6, 6.07) is 0. The minimum absolute atomic E-state index is 0.103. The Morgan fingerprint density at radius 2 is 1.30 bits per heavy atom. The number of rotatable bonds is 13. The van der Waals surface area contributed by atoms with Crippen LogP contribution in [0.4, 0.5) is 0 Å². The molecular formula is C15H34NO3S+. The molecule has 122 valence electrons. The molecule has 0 aromatic carbocycles. The van der Waals surface area contributed by atoms with Crippen LogP contribution in [0.15, 0.2) is 0 Å². The van der Waals surface area contributed by atoms with E-state index in [-0.39, 0.29) is 10.4 Å². The van der Waals surface area contributed by atoms with Gasteiger partial charge in [-0.1, -0.05) is 56.7 Å². The van der Waals surface area contributed by atoms with Crippen molar-refractivity contribution in [3.8, 4) is 0 Å². The average Bonchev–Trinajstić information content (AvgIpc) is 2.31. The number of nitrogens with zero attached hydrogens (tertiary/aromatic N) is 1. The van der Waals surface area contributed by atoms with Crippen molar-refractivity contribution in [1.82, 2.24) is 0 Å². The van der Waals surface area contributed by atoms with E-state index in [1.165, 1.54) is 38.5 Å². The summed E-state index contributed by atoms with van der Waals surface area (Å²) in [5, 5.41) is 0. The second-order valence-electron chi connectivity index (χ2n) is 6.11. The molecule has 0 aromatic heterocycles. The fourth-order valence-electron chi connectivity index (χ4n) is 2.26. The van der Waals surface area contributed by atoms with Gasteiger partial charge >= 0.3 is 10.1 Å². The van der Waals surface area contributed by atoms with Crippen LogP contribution in [0.2, 0.25) is 0 Å². The number of quaternary nitrogens is 1. The van der Waals surface area contributed by atoms with E-state index in [0.717, 1.165) is 19.4 Å². The monoisotopic (exact) mass is 308 g/mol. The van der Waals surface area contributed by atoms with Gasteiger partial charge in [-0.05, 0) is 19.3 Å². The van der Waals surface area contributed by atoms with Gasteiger partial charge in [0.05, 0.1) is 19.8 Å². The van der Waals surface area contributed by atoms with Crippen LogP contribution in [0.25, 0.3) is 0 Å². The van der Waals surface area contributed by atoms with Gasteiger partial charge < -0.3 is 0 Å². The predicted octanol–water partition coefficient (Wildman–Crippen LogP) is 3.87. The summed E-state index contributed by atoms with van der Waals surface area (Å²) < 4.78 is 28.6. The zero-order valence-electron chi connectivity index (χ0n) is 13.9. The van der Waals surface area contributed by atoms with Crippen LogP contribution in [0, 0.1) is 0 Å². The van der Waals surface area contributed by atoms with Crippen molar-refractivity contribution in [3.05, 3.63) is 0 Å². The van der Waals surface area contributed by atoms with Gasteiger partial charge in [-0.15, -0.1) is 0 Å². The van der Waals surface area contributed by atoms with E-state index in [1.807, 2.05) is 21.0 Å². The van der Waals surface area contributed by atoms with Gasteiger partial charge in [-0.2, -0.15) is 13.1 Å². The molecule has 0 fully saturated rings. The highest BCUT2D eigenvalue weighted by Crippen LogP contribution is 2.12. The molecule has 0 N–H and O–H groups in total. The van der Waals surface area contributed by atoms with E-state index in [1.54, 1.807) is 0 Å². The molecular weight excluding hydrogens is 274 g/mol. The Hall–Kier alpha value is -0.130. The highest BCUT2D eigenvalue weighted by molar-refractivity contribution is 7.86. The number of hydroxylamine groups is 3. The van der Waals surface area contributed by atoms with Crippen LogP contribution in [-0.2, 0) is 14.4 Å². The van der Waals surface area contributed by atoms with Crippen molar-refractivity contribution in [2.45, 2.75) is 71.6 Å². The van der Waals surface area contributed by atoms with Gasteiger partial charge in [0.2, 0.25) is 0 Å². The van der Waals surface area contributed by atoms with Gasteiger partial charge in [0.15, 0.2) is 0 Å². The van der Waals surface area contributed by atoms with Gasteiger partial charge in [0.25, 0.3) is 0 Å². The maximum Gasteiger partial charge on any atom is 0.314 e. The standard InChI is InChI=1S/C15H34NO3S/c1-5-7-8-9-10-11-12-13-14-16(3,4)19-20(17,18)15-6-2/h5-15H2,1-4H3/q+1. The lowest BCUT2D eigenvalue weighted by Crippen LogP contribution is -2.42. The molecule has 0 heterocycles. The van der Waals surface area contributed by atoms with E-state index in [2.05, 4.69) is 6.92 Å². The third kappa shape index (κ3) is 11.7. The maximum atomic E-state index is 11.6. The van der Waals surface area contributed by atoms with Gasteiger partial charge in [-0.3, -0.25) is 0 Å². The predicted molar refractivity (Wildman–Crippen MR) is 84.7 cm³/mol. The summed E-state index contributed by atoms with van der Waals surface area (Å²) in [4.78, 5) is 0. The van der Waals surface area contributed by atoms with Crippen LogP contribution in [0.1, 0.15) is 71.6 Å². The third-order valence-corrected chi connectivity index (χ3v) is 4.86. The Morgan fingerprint density at radius 3 is 1.80 bits per heavy atom. The molecule has 0 aliphatic heterocycles. The van der Waals surface area contributed by atoms with Crippen molar-refractivity contribution in [2.24, 2.45) is 0 Å². The van der Waals surface area contributed by atoms with Crippen molar-refractivity contribution in [1.29, 1.82) is 0 Å². The molecule has 5 heteroatoms. The molecule has 0 bridgehead atoms. The molecule has 0 amide bonds. The molecule has 0 unspecified atom stereocenters. The lowest BCUT2D eigenvalue weighted by atomic mass is 10.1. The second kappa shape index (κ2) is 10.6. The Kier molecular flexibility index (Phi) is 10.5. The minimum atomic E-state index is -3.37. The molecule has 0 aliphatic rings. The van der Waals surface area contributed by atoms with E-state index >= 15 is 0 Å². The topological polar surface area (TPSA) is 43.4 Å². The normalized spacial score (nSPS) is 12.8. The largest absolute Gasteiger partial charge is 0.314 e. The molecule has 0 atom stereocenters. The van der Waals surface area contributed by atoms with E-state index < -0.39 is 10.1 Å². The van der Waals surface area contributed by atoms with Crippen molar-refractivity contribution < 1.29 is 17.3 Å². The van der Waals surface area contributed by atoms with Gasteiger partial charge in [-0.25, -0.2) is 0 Å². The van der Waals surface area contributed by atoms with Gasteiger partial charge in [0, 0.05) is 0 Å². The van der Waals surface area contributed by atoms with Crippen LogP contribution >= 0.6 is 0 Å². The molecule has 0 aliphatic carbocycles. The van der Waals surface area contributed by atoms with Crippen molar-refractivity contribution >= 4 is 10.1 Å². The first-order chi connectivity index (χ1) is 9.33. The van der Waals surface area contributed by atoms with E-state index in [4.69, 9.17) is 4.28 Å². The quantitative estimate of drug-likeness (QED) is 0.295. The van der Waals surface area contributed by atoms with Crippen LogP contribution < -0.4 is 0 Å². The molecule has 20 heavy (non-hydrogen) atoms. The first-order valence-corrected chi connectivity index (χ1v) is 9.67. The zero-order valence-corrected chi connectivity index (χ0v) is 14.7. The first kappa shape index (κ1) is 19.9. The maximum absolute atomic E-state index is 11.6. The molecule has 0 aromatic rings. The van der Waals surface area contributed by atoms with Crippen LogP contribution in [-0.4, -0.2) is 39.5 Å². The summed E-state index contributed by atoms with van der Waals surface area (Å²) in [6.45, 7) is 4.82. The number of hydrogen-bond donors (Lipinski definition) is 0. The molecule has 0 radical (unpaired) electrons. The number of unbranched alkanes of at least 4 members (excludes halogenated alkanes) is 7. The number of hydrogen-bond acceptors (Lipinski definition) is 3. The third-order valence-electron chi connectivity index (χ3n) is 3.32. The Balaban J connectivity index is 3.72. The fourth-order valence-corrected chi connectivity index (χ4v) is 3.52. The van der Waals surface area contributed by atoms with E-state index in [0.29, 0.717) is 6.42 Å². The van der Waals surface area contributed by atoms with Gasteiger partial charge in [0.1, 0.15) is 6.54 Å². The minimum Gasteiger partial charge on any atom is -0.194 e. The Labute approximate surface area is 126 Å². The molecule has 0 rings (SSSR count). The smallest absolute Gasteiger partial charge is 0.194 e. The summed E-state index contributed by atoms with van der Waals surface area (Å²) in [5.74, 6) is 0.103. The molecule has 0 spiro atoms. The molecule has 4 nitrogen and oxygen atoms in total.